The molecule has 2 aliphatic heterocycles. The molecule has 0 atom stereocenters. The quantitative estimate of drug-likeness (QED) is 0.0932. The second kappa shape index (κ2) is 23.3. The van der Waals surface area contributed by atoms with Gasteiger partial charge in [0.1, 0.15) is 24.3 Å². The zero-order chi connectivity index (χ0) is 37.6. The smallest absolute Gasteiger partial charge is 0.247 e. The van der Waals surface area contributed by atoms with Gasteiger partial charge in [-0.25, -0.2) is 14.6 Å². The van der Waals surface area contributed by atoms with Crippen molar-refractivity contribution in [2.24, 2.45) is 4.99 Å². The molecule has 4 aromatic rings. The Bertz CT molecular complexity index is 2660. The van der Waals surface area contributed by atoms with Gasteiger partial charge in [0.05, 0.1) is 17.1 Å². The summed E-state index contributed by atoms with van der Waals surface area (Å²) in [6.07, 6.45) is 0. The molecular formula is C46H52Cl4N6O2Zn+2. The molecule has 306 valence electrons. The van der Waals surface area contributed by atoms with Crippen LogP contribution in [0.4, 0.5) is 22.7 Å². The van der Waals surface area contributed by atoms with Crippen LogP contribution in [0.3, 0.4) is 0 Å². The van der Waals surface area contributed by atoms with E-state index in [0.29, 0.717) is 0 Å². The maximum atomic E-state index is 6.24. The van der Waals surface area contributed by atoms with E-state index in [1.807, 2.05) is 60.7 Å². The molecule has 4 aromatic carbocycles. The number of aryl methyl sites for hydroxylation is 2. The molecule has 0 amide bonds. The molecule has 0 fully saturated rings. The van der Waals surface area contributed by atoms with Gasteiger partial charge in [-0.05, 0) is 95.1 Å². The molecule has 0 unspecified atom stereocenters. The number of halogens is 4. The predicted octanol–water partition coefficient (Wildman–Crippen LogP) is 11.2. The van der Waals surface area contributed by atoms with Crippen molar-refractivity contribution >= 4 is 94.6 Å². The molecule has 0 saturated heterocycles. The summed E-state index contributed by atoms with van der Waals surface area (Å²) in [6, 6.07) is 41.0. The van der Waals surface area contributed by atoms with Crippen LogP contribution >= 0.6 is 49.6 Å². The number of aromatic nitrogens is 2. The van der Waals surface area contributed by atoms with E-state index in [1.54, 1.807) is 0 Å². The largest absolute Gasteiger partial charge is 0.453 e. The van der Waals surface area contributed by atoms with Crippen LogP contribution in [0.2, 0.25) is 0 Å². The summed E-state index contributed by atoms with van der Waals surface area (Å²) in [5.74, 6) is 1.61. The zero-order valence-corrected chi connectivity index (χ0v) is 40.6. The predicted molar refractivity (Wildman–Crippen MR) is 250 cm³/mol. The van der Waals surface area contributed by atoms with Crippen molar-refractivity contribution in [2.45, 2.75) is 41.5 Å². The number of aromatic amines is 1. The van der Waals surface area contributed by atoms with Crippen molar-refractivity contribution in [1.82, 2.24) is 9.56 Å². The Kier molecular flexibility index (Phi) is 20.0. The molecular weight excluding hydrogens is 876 g/mol. The SMILES string of the molecule is CCN(CC)c1ccc2nc3ccc(=Nc4ccccc4C)cc-3oc2c1.CC[N+](CC)=c1ccc2[nH+]c3ccc(Nc4ccccc4C)cc3oc-2c1.Cl.Cl.Cl.Cl.[Zn]. The van der Waals surface area contributed by atoms with Crippen molar-refractivity contribution < 1.29 is 33.3 Å². The summed E-state index contributed by atoms with van der Waals surface area (Å²) in [4.78, 5) is 15.3. The zero-order valence-electron chi connectivity index (χ0n) is 34.3. The molecule has 0 bridgehead atoms. The van der Waals surface area contributed by atoms with Crippen molar-refractivity contribution in [1.29, 1.82) is 0 Å². The minimum atomic E-state index is 0. The fourth-order valence-corrected chi connectivity index (χ4v) is 6.69. The van der Waals surface area contributed by atoms with Crippen LogP contribution in [-0.2, 0) is 19.5 Å². The van der Waals surface area contributed by atoms with E-state index in [4.69, 9.17) is 18.8 Å². The topological polar surface area (TPSA) is 84.0 Å². The number of nitrogens with zero attached hydrogens (tertiary/aromatic N) is 4. The average molecular weight is 928 g/mol. The number of hydrogen-bond acceptors (Lipinski definition) is 6. The van der Waals surface area contributed by atoms with Crippen molar-refractivity contribution in [3.63, 3.8) is 0 Å². The third kappa shape index (κ3) is 11.8. The van der Waals surface area contributed by atoms with Crippen LogP contribution in [0.15, 0.2) is 135 Å². The molecule has 0 radical (unpaired) electrons. The number of benzene rings is 6. The van der Waals surface area contributed by atoms with Gasteiger partial charge in [-0.1, -0.05) is 36.4 Å². The van der Waals surface area contributed by atoms with Crippen LogP contribution in [0, 0.1) is 13.8 Å². The Balaban J connectivity index is 0.000000375. The number of hydrogen-bond donors (Lipinski definition) is 1. The minimum absolute atomic E-state index is 0. The van der Waals surface area contributed by atoms with Gasteiger partial charge in [-0.15, -0.1) is 49.6 Å². The summed E-state index contributed by atoms with van der Waals surface area (Å²) in [6.45, 7) is 16.7. The van der Waals surface area contributed by atoms with Gasteiger partial charge in [-0.2, -0.15) is 4.98 Å². The standard InChI is InChI=1S/2C23H23N3O.4ClH.Zn/c2*1-4-26(5-2)18-11-13-21-23(15-18)27-22-14-17(10-12-20(22)25-21)24-19-9-7-6-8-16(19)3;;;;;/h2*6-15H,4-5H2,1-3H3;4*1H;/p+2. The van der Waals surface area contributed by atoms with Crippen LogP contribution in [0.5, 0.6) is 0 Å². The molecule has 2 heterocycles. The molecule has 0 aromatic heterocycles. The Morgan fingerprint density at radius 3 is 2.07 bits per heavy atom. The van der Waals surface area contributed by atoms with E-state index in [0.717, 1.165) is 105 Å². The first-order valence-electron chi connectivity index (χ1n) is 18.9. The van der Waals surface area contributed by atoms with Gasteiger partial charge < -0.3 is 19.1 Å². The second-order valence-corrected chi connectivity index (χ2v) is 13.3. The molecule has 8 rings (SSSR count). The molecule has 0 spiro atoms. The van der Waals surface area contributed by atoms with Crippen LogP contribution in [0.25, 0.3) is 45.1 Å². The number of nitrogens with one attached hydrogen (secondary N) is 2. The van der Waals surface area contributed by atoms with Gasteiger partial charge in [0.25, 0.3) is 0 Å². The average Bonchev–Trinajstić information content (AvgIpc) is 3.19. The second-order valence-electron chi connectivity index (χ2n) is 13.3. The normalized spacial score (nSPS) is 10.6. The van der Waals surface area contributed by atoms with E-state index in [2.05, 4.69) is 122 Å². The molecule has 8 nitrogen and oxygen atoms in total. The van der Waals surface area contributed by atoms with Crippen molar-refractivity contribution in [3.05, 3.63) is 143 Å². The maximum Gasteiger partial charge on any atom is 0.247 e. The van der Waals surface area contributed by atoms with E-state index >= 15 is 0 Å². The van der Waals surface area contributed by atoms with Gasteiger partial charge in [-0.3, -0.25) is 0 Å². The number of anilines is 3. The number of para-hydroxylation sites is 2. The van der Waals surface area contributed by atoms with Crippen LogP contribution < -0.4 is 30.5 Å². The molecule has 13 heteroatoms. The van der Waals surface area contributed by atoms with Crippen molar-refractivity contribution in [3.8, 4) is 22.9 Å². The number of fused-ring (bicyclic) bond motifs is 4. The van der Waals surface area contributed by atoms with Crippen LogP contribution in [-0.4, -0.2) is 31.2 Å². The maximum absolute atomic E-state index is 6.24. The van der Waals surface area contributed by atoms with E-state index in [-0.39, 0.29) is 69.1 Å². The summed E-state index contributed by atoms with van der Waals surface area (Å²) >= 11 is 0. The Hall–Kier alpha value is -4.50. The summed E-state index contributed by atoms with van der Waals surface area (Å²) in [5, 5.41) is 5.52. The molecule has 59 heavy (non-hydrogen) atoms. The molecule has 2 N–H and O–H groups in total. The van der Waals surface area contributed by atoms with Gasteiger partial charge in [0.15, 0.2) is 11.3 Å². The Morgan fingerprint density at radius 1 is 0.678 bits per heavy atom. The monoisotopic (exact) mass is 924 g/mol. The fraction of sp³-hybridized carbons (Fsp3) is 0.217. The van der Waals surface area contributed by atoms with E-state index in [9.17, 15) is 0 Å². The van der Waals surface area contributed by atoms with Crippen LogP contribution in [0.1, 0.15) is 38.8 Å². The third-order valence-corrected chi connectivity index (χ3v) is 9.83. The molecule has 4 aliphatic rings. The van der Waals surface area contributed by atoms with Gasteiger partial charge >= 0.3 is 0 Å². The number of H-pyrrole nitrogens is 1. The Labute approximate surface area is 384 Å². The van der Waals surface area contributed by atoms with Crippen molar-refractivity contribution in [2.75, 3.05) is 36.4 Å². The summed E-state index contributed by atoms with van der Waals surface area (Å²) < 4.78 is 14.7. The first-order chi connectivity index (χ1) is 26.3. The fourth-order valence-electron chi connectivity index (χ4n) is 6.69. The van der Waals surface area contributed by atoms with E-state index < -0.39 is 0 Å². The minimum Gasteiger partial charge on any atom is -0.453 e. The first kappa shape index (κ1) is 50.6. The number of rotatable bonds is 8. The summed E-state index contributed by atoms with van der Waals surface area (Å²) in [5.41, 5.74) is 11.9. The van der Waals surface area contributed by atoms with Gasteiger partial charge in [0, 0.05) is 86.0 Å². The first-order valence-corrected chi connectivity index (χ1v) is 18.9. The third-order valence-electron chi connectivity index (χ3n) is 9.83. The Morgan fingerprint density at radius 2 is 1.37 bits per heavy atom. The van der Waals surface area contributed by atoms with E-state index in [1.165, 1.54) is 10.9 Å². The molecule has 0 saturated carbocycles. The molecule has 2 aliphatic carbocycles. The van der Waals surface area contributed by atoms with Gasteiger partial charge in [0.2, 0.25) is 27.9 Å². The summed E-state index contributed by atoms with van der Waals surface area (Å²) in [7, 11) is 0.